The van der Waals surface area contributed by atoms with Gasteiger partial charge >= 0.3 is 12.1 Å². The first kappa shape index (κ1) is 14.1. The van der Waals surface area contributed by atoms with Crippen LogP contribution in [-0.4, -0.2) is 52.5 Å². The second-order valence-electron chi connectivity index (χ2n) is 6.65. The van der Waals surface area contributed by atoms with Gasteiger partial charge in [0.25, 0.3) is 0 Å². The number of hydrogen-bond acceptors (Lipinski definition) is 4. The molecular weight excluding hydrogens is 250 g/mol. The molecule has 2 atom stereocenters. The van der Waals surface area contributed by atoms with Crippen LogP contribution in [0, 0.1) is 10.8 Å². The molecule has 2 rings (SSSR count). The van der Waals surface area contributed by atoms with E-state index < -0.39 is 28.5 Å². The van der Waals surface area contributed by atoms with E-state index in [9.17, 15) is 19.8 Å². The maximum Gasteiger partial charge on any atom is 0.410 e. The van der Waals surface area contributed by atoms with Gasteiger partial charge in [0.15, 0.2) is 0 Å². The quantitative estimate of drug-likeness (QED) is 0.784. The highest BCUT2D eigenvalue weighted by Crippen LogP contribution is 2.68. The summed E-state index contributed by atoms with van der Waals surface area (Å²) in [6.07, 6.45) is 0.637. The Kier molecular flexibility index (Phi) is 3.04. The van der Waals surface area contributed by atoms with Crippen LogP contribution >= 0.6 is 0 Å². The van der Waals surface area contributed by atoms with Crippen molar-refractivity contribution in [3.8, 4) is 0 Å². The molecule has 1 saturated heterocycles. The van der Waals surface area contributed by atoms with Crippen LogP contribution in [0.5, 0.6) is 0 Å². The number of aliphatic hydroxyl groups excluding tert-OH is 1. The molecular formula is C13H21NO5. The highest BCUT2D eigenvalue weighted by molar-refractivity contribution is 5.81. The van der Waals surface area contributed by atoms with Crippen LogP contribution in [-0.2, 0) is 9.53 Å². The van der Waals surface area contributed by atoms with Crippen LogP contribution in [0.15, 0.2) is 0 Å². The van der Waals surface area contributed by atoms with Gasteiger partial charge in [-0.2, -0.15) is 0 Å². The third kappa shape index (κ3) is 2.18. The monoisotopic (exact) mass is 271 g/mol. The Bertz CT molecular complexity index is 416. The zero-order chi connectivity index (χ0) is 14.5. The third-order valence-corrected chi connectivity index (χ3v) is 4.22. The number of nitrogens with zero attached hydrogens (tertiary/aromatic N) is 1. The van der Waals surface area contributed by atoms with E-state index in [1.807, 2.05) is 0 Å². The molecule has 0 bridgehead atoms. The van der Waals surface area contributed by atoms with Gasteiger partial charge in [0.2, 0.25) is 0 Å². The number of aliphatic carboxylic acids is 1. The number of carboxylic acid groups (broad SMARTS) is 1. The first-order chi connectivity index (χ1) is 8.66. The molecule has 0 aromatic carbocycles. The summed E-state index contributed by atoms with van der Waals surface area (Å²) in [5.74, 6) is -0.971. The van der Waals surface area contributed by atoms with Crippen molar-refractivity contribution in [1.82, 2.24) is 4.90 Å². The third-order valence-electron chi connectivity index (χ3n) is 4.22. The standard InChI is InChI=1S/C13H21NO5/c1-11(2,3)19-10(18)14-5-4-12(7-14)6-13(12,8-15)9(16)17/h15H,4-8H2,1-3H3,(H,16,17). The topological polar surface area (TPSA) is 87.1 Å². The lowest BCUT2D eigenvalue weighted by Gasteiger charge is -2.24. The molecule has 2 fully saturated rings. The van der Waals surface area contributed by atoms with E-state index in [2.05, 4.69) is 0 Å². The van der Waals surface area contributed by atoms with Crippen molar-refractivity contribution in [2.45, 2.75) is 39.2 Å². The molecule has 1 amide bonds. The summed E-state index contributed by atoms with van der Waals surface area (Å²) >= 11 is 0. The van der Waals surface area contributed by atoms with E-state index in [-0.39, 0.29) is 6.61 Å². The van der Waals surface area contributed by atoms with Crippen molar-refractivity contribution in [2.24, 2.45) is 10.8 Å². The molecule has 1 heterocycles. The molecule has 1 spiro atoms. The number of carboxylic acids is 1. The maximum absolute atomic E-state index is 11.9. The van der Waals surface area contributed by atoms with Crippen LogP contribution in [0.25, 0.3) is 0 Å². The Morgan fingerprint density at radius 1 is 1.37 bits per heavy atom. The SMILES string of the molecule is CC(C)(C)OC(=O)N1CCC2(C1)CC2(CO)C(=O)O. The minimum atomic E-state index is -1.07. The number of aliphatic hydroxyl groups is 1. The molecule has 1 aliphatic carbocycles. The van der Waals surface area contributed by atoms with E-state index in [0.29, 0.717) is 25.9 Å². The Morgan fingerprint density at radius 2 is 2.00 bits per heavy atom. The van der Waals surface area contributed by atoms with Crippen LogP contribution in [0.2, 0.25) is 0 Å². The normalized spacial score (nSPS) is 33.6. The van der Waals surface area contributed by atoms with Gasteiger partial charge in [-0.3, -0.25) is 4.79 Å². The summed E-state index contributed by atoms with van der Waals surface area (Å²) in [6.45, 7) is 5.86. The first-order valence-electron chi connectivity index (χ1n) is 6.48. The predicted octanol–water partition coefficient (Wildman–Crippen LogP) is 1.08. The fourth-order valence-corrected chi connectivity index (χ4v) is 3.02. The summed E-state index contributed by atoms with van der Waals surface area (Å²) in [4.78, 5) is 24.8. The minimum absolute atomic E-state index is 0.356. The lowest BCUT2D eigenvalue weighted by Crippen LogP contribution is -2.36. The summed E-state index contributed by atoms with van der Waals surface area (Å²) in [5, 5.41) is 18.6. The summed E-state index contributed by atoms with van der Waals surface area (Å²) < 4.78 is 5.28. The van der Waals surface area contributed by atoms with Gasteiger partial charge in [-0.25, -0.2) is 4.79 Å². The molecule has 2 N–H and O–H groups in total. The molecule has 2 unspecified atom stereocenters. The summed E-state index contributed by atoms with van der Waals surface area (Å²) in [7, 11) is 0. The molecule has 108 valence electrons. The van der Waals surface area contributed by atoms with E-state index in [4.69, 9.17) is 4.74 Å². The molecule has 0 aromatic heterocycles. The summed E-state index contributed by atoms with van der Waals surface area (Å²) in [6, 6.07) is 0. The Balaban J connectivity index is 2.02. The van der Waals surface area contributed by atoms with E-state index in [0.717, 1.165) is 0 Å². The Labute approximate surface area is 112 Å². The number of hydrogen-bond donors (Lipinski definition) is 2. The van der Waals surface area contributed by atoms with Crippen molar-refractivity contribution in [1.29, 1.82) is 0 Å². The van der Waals surface area contributed by atoms with Crippen LogP contribution in [0.4, 0.5) is 4.79 Å². The summed E-state index contributed by atoms with van der Waals surface area (Å²) in [5.41, 5.74) is -2.09. The number of carbonyl (C=O) groups excluding carboxylic acids is 1. The average Bonchev–Trinajstić information content (AvgIpc) is 2.68. The van der Waals surface area contributed by atoms with E-state index >= 15 is 0 Å². The molecule has 6 nitrogen and oxygen atoms in total. The van der Waals surface area contributed by atoms with Crippen LogP contribution in [0.3, 0.4) is 0 Å². The minimum Gasteiger partial charge on any atom is -0.481 e. The van der Waals surface area contributed by atoms with Gasteiger partial charge in [0.05, 0.1) is 12.0 Å². The fraction of sp³-hybridized carbons (Fsp3) is 0.846. The second kappa shape index (κ2) is 4.10. The lowest BCUT2D eigenvalue weighted by atomic mass is 9.92. The number of amides is 1. The van der Waals surface area contributed by atoms with E-state index in [1.54, 1.807) is 25.7 Å². The van der Waals surface area contributed by atoms with Crippen LogP contribution in [0.1, 0.15) is 33.6 Å². The van der Waals surface area contributed by atoms with Gasteiger partial charge in [0, 0.05) is 18.5 Å². The second-order valence-corrected chi connectivity index (χ2v) is 6.65. The molecule has 1 aliphatic heterocycles. The van der Waals surface area contributed by atoms with Gasteiger partial charge in [0.1, 0.15) is 5.60 Å². The molecule has 0 radical (unpaired) electrons. The number of carbonyl (C=O) groups is 2. The number of likely N-dealkylation sites (tertiary alicyclic amines) is 1. The Morgan fingerprint density at radius 3 is 2.42 bits per heavy atom. The van der Waals surface area contributed by atoms with Gasteiger partial charge in [-0.05, 0) is 33.6 Å². The predicted molar refractivity (Wildman–Crippen MR) is 66.6 cm³/mol. The maximum atomic E-state index is 11.9. The van der Waals surface area contributed by atoms with Gasteiger partial charge in [-0.1, -0.05) is 0 Å². The molecule has 0 aromatic rings. The highest BCUT2D eigenvalue weighted by Gasteiger charge is 2.74. The zero-order valence-electron chi connectivity index (χ0n) is 11.6. The van der Waals surface area contributed by atoms with Gasteiger partial charge < -0.3 is 19.8 Å². The van der Waals surface area contributed by atoms with Crippen molar-refractivity contribution >= 4 is 12.1 Å². The number of ether oxygens (including phenoxy) is 1. The molecule has 1 saturated carbocycles. The van der Waals surface area contributed by atoms with E-state index in [1.165, 1.54) is 0 Å². The zero-order valence-corrected chi connectivity index (χ0v) is 11.6. The first-order valence-corrected chi connectivity index (χ1v) is 6.48. The highest BCUT2D eigenvalue weighted by atomic mass is 16.6. The Hall–Kier alpha value is -1.30. The molecule has 2 aliphatic rings. The van der Waals surface area contributed by atoms with Crippen molar-refractivity contribution in [2.75, 3.05) is 19.7 Å². The largest absolute Gasteiger partial charge is 0.481 e. The van der Waals surface area contributed by atoms with Gasteiger partial charge in [-0.15, -0.1) is 0 Å². The smallest absolute Gasteiger partial charge is 0.410 e. The molecule has 19 heavy (non-hydrogen) atoms. The lowest BCUT2D eigenvalue weighted by molar-refractivity contribution is -0.146. The average molecular weight is 271 g/mol. The number of rotatable bonds is 2. The van der Waals surface area contributed by atoms with Crippen LogP contribution < -0.4 is 0 Å². The van der Waals surface area contributed by atoms with Crippen molar-refractivity contribution in [3.05, 3.63) is 0 Å². The van der Waals surface area contributed by atoms with Crippen molar-refractivity contribution in [3.63, 3.8) is 0 Å². The molecule has 6 heteroatoms. The van der Waals surface area contributed by atoms with Crippen molar-refractivity contribution < 1.29 is 24.5 Å². The fourth-order valence-electron chi connectivity index (χ4n) is 3.02.